The van der Waals surface area contributed by atoms with Gasteiger partial charge in [0.15, 0.2) is 5.16 Å². The lowest BCUT2D eigenvalue weighted by atomic mass is 10.2. The fourth-order valence-electron chi connectivity index (χ4n) is 3.33. The van der Waals surface area contributed by atoms with Crippen molar-refractivity contribution in [1.29, 1.82) is 0 Å². The summed E-state index contributed by atoms with van der Waals surface area (Å²) in [6, 6.07) is 20.4. The summed E-state index contributed by atoms with van der Waals surface area (Å²) in [5.41, 5.74) is 2.06. The highest BCUT2D eigenvalue weighted by Gasteiger charge is 2.21. The Balaban J connectivity index is 1.67. The molecule has 0 spiro atoms. The zero-order chi connectivity index (χ0) is 24.2. The molecule has 4 aromatic rings. The first-order chi connectivity index (χ1) is 16.3. The molecule has 1 aromatic heterocycles. The molecule has 3 aromatic carbocycles. The maximum atomic E-state index is 13.3. The van der Waals surface area contributed by atoms with Crippen LogP contribution in [0, 0.1) is 6.92 Å². The summed E-state index contributed by atoms with van der Waals surface area (Å²) in [6.07, 6.45) is 0. The number of benzene rings is 3. The second-order valence-electron chi connectivity index (χ2n) is 7.51. The number of anilines is 1. The number of carbonyl (C=O) groups excluding carboxylic acids is 1. The third-order valence-electron chi connectivity index (χ3n) is 5.05. The van der Waals surface area contributed by atoms with Gasteiger partial charge in [0.2, 0.25) is 5.91 Å². The minimum atomic E-state index is -3.02. The zero-order valence-electron chi connectivity index (χ0n) is 18.4. The van der Waals surface area contributed by atoms with E-state index < -0.39 is 17.8 Å². The van der Waals surface area contributed by atoms with E-state index in [2.05, 4.69) is 15.0 Å². The quantitative estimate of drug-likeness (QED) is 0.282. The molecule has 1 amide bonds. The largest absolute Gasteiger partial charge is 0.433 e. The number of fused-ring (bicyclic) bond motifs is 1. The Bertz CT molecular complexity index is 1390. The van der Waals surface area contributed by atoms with Crippen molar-refractivity contribution in [2.24, 2.45) is 0 Å². The van der Waals surface area contributed by atoms with Crippen LogP contribution in [-0.4, -0.2) is 27.3 Å². The Kier molecular flexibility index (Phi) is 6.93. The van der Waals surface area contributed by atoms with Crippen LogP contribution in [0.5, 0.6) is 5.75 Å². The topological polar surface area (TPSA) is 73.2 Å². The number of nitrogens with zero attached hydrogens (tertiary/aromatic N) is 2. The van der Waals surface area contributed by atoms with Crippen molar-refractivity contribution in [3.8, 4) is 11.4 Å². The highest BCUT2D eigenvalue weighted by molar-refractivity contribution is 8.00. The predicted octanol–water partition coefficient (Wildman–Crippen LogP) is 5.41. The third-order valence-corrected chi connectivity index (χ3v) is 6.10. The van der Waals surface area contributed by atoms with Gasteiger partial charge in [-0.1, -0.05) is 53.7 Å². The summed E-state index contributed by atoms with van der Waals surface area (Å²) < 4.78 is 31.4. The number of ether oxygens (including phenoxy) is 1. The Morgan fingerprint density at radius 1 is 1.03 bits per heavy atom. The fraction of sp³-hybridized carbons (Fsp3) is 0.160. The van der Waals surface area contributed by atoms with Crippen molar-refractivity contribution in [2.45, 2.75) is 30.9 Å². The summed E-state index contributed by atoms with van der Waals surface area (Å²) in [7, 11) is 0. The number of amides is 1. The van der Waals surface area contributed by atoms with Crippen molar-refractivity contribution in [3.63, 3.8) is 0 Å². The molecule has 1 heterocycles. The van der Waals surface area contributed by atoms with E-state index in [1.165, 1.54) is 22.8 Å². The predicted molar refractivity (Wildman–Crippen MR) is 129 cm³/mol. The number of alkyl halides is 2. The zero-order valence-corrected chi connectivity index (χ0v) is 19.2. The molecule has 1 unspecified atom stereocenters. The summed E-state index contributed by atoms with van der Waals surface area (Å²) >= 11 is 1.10. The number of hydrogen-bond donors (Lipinski definition) is 1. The molecule has 9 heteroatoms. The van der Waals surface area contributed by atoms with Gasteiger partial charge in [-0.05, 0) is 50.2 Å². The van der Waals surface area contributed by atoms with Crippen LogP contribution in [0.4, 0.5) is 14.5 Å². The molecular weight excluding hydrogens is 460 g/mol. The van der Waals surface area contributed by atoms with Crippen LogP contribution in [0.15, 0.2) is 82.7 Å². The molecule has 6 nitrogen and oxygen atoms in total. The molecular formula is C25H21F2N3O3S. The van der Waals surface area contributed by atoms with Crippen molar-refractivity contribution in [1.82, 2.24) is 9.55 Å². The number of nitrogens with one attached hydrogen (secondary N) is 1. The molecule has 0 saturated heterocycles. The maximum Gasteiger partial charge on any atom is 0.387 e. The Labute approximate surface area is 198 Å². The first-order valence-electron chi connectivity index (χ1n) is 10.4. The lowest BCUT2D eigenvalue weighted by molar-refractivity contribution is -0.115. The van der Waals surface area contributed by atoms with E-state index in [9.17, 15) is 18.4 Å². The highest BCUT2D eigenvalue weighted by atomic mass is 32.2. The maximum absolute atomic E-state index is 13.3. The standard InChI is InChI=1S/C25H21F2N3O3S/c1-15-11-13-17(14-12-15)30-23(32)18-7-3-4-8-19(18)29-25(30)34-16(2)22(31)28-20-9-5-6-10-21(20)33-24(26)27/h3-14,16,24H,1-2H3,(H,28,31). The van der Waals surface area contributed by atoms with Gasteiger partial charge in [-0.15, -0.1) is 0 Å². The molecule has 1 atom stereocenters. The normalized spacial score (nSPS) is 12.0. The molecule has 4 rings (SSSR count). The number of carbonyl (C=O) groups is 1. The molecule has 0 aliphatic rings. The molecule has 174 valence electrons. The minimum Gasteiger partial charge on any atom is -0.433 e. The first-order valence-corrected chi connectivity index (χ1v) is 11.3. The van der Waals surface area contributed by atoms with Crippen molar-refractivity contribution in [3.05, 3.63) is 88.7 Å². The number of aryl methyl sites for hydroxylation is 1. The van der Waals surface area contributed by atoms with Gasteiger partial charge in [0, 0.05) is 0 Å². The van der Waals surface area contributed by atoms with E-state index in [4.69, 9.17) is 0 Å². The number of halogens is 2. The molecule has 0 aliphatic carbocycles. The molecule has 0 fully saturated rings. The number of para-hydroxylation sites is 3. The van der Waals surface area contributed by atoms with Gasteiger partial charge in [0.05, 0.1) is 27.5 Å². The Morgan fingerprint density at radius 2 is 1.71 bits per heavy atom. The van der Waals surface area contributed by atoms with Crippen LogP contribution < -0.4 is 15.6 Å². The molecule has 0 bridgehead atoms. The second kappa shape index (κ2) is 10.0. The van der Waals surface area contributed by atoms with E-state index >= 15 is 0 Å². The van der Waals surface area contributed by atoms with Gasteiger partial charge < -0.3 is 10.1 Å². The lowest BCUT2D eigenvalue weighted by Gasteiger charge is -2.17. The van der Waals surface area contributed by atoms with Crippen LogP contribution >= 0.6 is 11.8 Å². The van der Waals surface area contributed by atoms with Crippen LogP contribution in [-0.2, 0) is 4.79 Å². The summed E-state index contributed by atoms with van der Waals surface area (Å²) in [4.78, 5) is 30.9. The third kappa shape index (κ3) is 5.09. The van der Waals surface area contributed by atoms with E-state index in [1.54, 1.807) is 37.3 Å². The Morgan fingerprint density at radius 3 is 2.44 bits per heavy atom. The molecule has 0 radical (unpaired) electrons. The molecule has 34 heavy (non-hydrogen) atoms. The van der Waals surface area contributed by atoms with Crippen molar-refractivity contribution >= 4 is 34.3 Å². The smallest absolute Gasteiger partial charge is 0.387 e. The number of aromatic nitrogens is 2. The average molecular weight is 482 g/mol. The average Bonchev–Trinajstić information content (AvgIpc) is 2.81. The number of thioether (sulfide) groups is 1. The van der Waals surface area contributed by atoms with Crippen molar-refractivity contribution in [2.75, 3.05) is 5.32 Å². The highest BCUT2D eigenvalue weighted by Crippen LogP contribution is 2.29. The summed E-state index contributed by atoms with van der Waals surface area (Å²) in [5, 5.41) is 2.72. The second-order valence-corrected chi connectivity index (χ2v) is 8.82. The summed E-state index contributed by atoms with van der Waals surface area (Å²) in [6.45, 7) is 0.580. The van der Waals surface area contributed by atoms with Gasteiger partial charge in [-0.3, -0.25) is 14.2 Å². The van der Waals surface area contributed by atoms with Crippen LogP contribution in [0.3, 0.4) is 0 Å². The fourth-order valence-corrected chi connectivity index (χ4v) is 4.25. The molecule has 1 N–H and O–H groups in total. The van der Waals surface area contributed by atoms with Gasteiger partial charge in [0.1, 0.15) is 5.75 Å². The lowest BCUT2D eigenvalue weighted by Crippen LogP contribution is -2.26. The Hall–Kier alpha value is -3.72. The monoisotopic (exact) mass is 481 g/mol. The van der Waals surface area contributed by atoms with Crippen molar-refractivity contribution < 1.29 is 18.3 Å². The summed E-state index contributed by atoms with van der Waals surface area (Å²) in [5.74, 6) is -0.586. The number of rotatable bonds is 7. The van der Waals surface area contributed by atoms with Gasteiger partial charge in [0.25, 0.3) is 5.56 Å². The van der Waals surface area contributed by atoms with E-state index in [0.29, 0.717) is 21.7 Å². The van der Waals surface area contributed by atoms with E-state index in [1.807, 2.05) is 31.2 Å². The van der Waals surface area contributed by atoms with Crippen LogP contribution in [0.2, 0.25) is 0 Å². The van der Waals surface area contributed by atoms with E-state index in [0.717, 1.165) is 17.3 Å². The number of hydrogen-bond acceptors (Lipinski definition) is 5. The van der Waals surface area contributed by atoms with Gasteiger partial charge >= 0.3 is 6.61 Å². The van der Waals surface area contributed by atoms with Crippen LogP contribution in [0.25, 0.3) is 16.6 Å². The van der Waals surface area contributed by atoms with E-state index in [-0.39, 0.29) is 17.0 Å². The van der Waals surface area contributed by atoms with Crippen LogP contribution in [0.1, 0.15) is 12.5 Å². The molecule has 0 aliphatic heterocycles. The van der Waals surface area contributed by atoms with Gasteiger partial charge in [-0.25, -0.2) is 4.98 Å². The van der Waals surface area contributed by atoms with Gasteiger partial charge in [-0.2, -0.15) is 8.78 Å². The SMILES string of the molecule is Cc1ccc(-n2c(SC(C)C(=O)Nc3ccccc3OC(F)F)nc3ccccc3c2=O)cc1. The first kappa shape index (κ1) is 23.4. The molecule has 0 saturated carbocycles. The minimum absolute atomic E-state index is 0.127.